The number of nitrogens with zero attached hydrogens (tertiary/aromatic N) is 1. The first kappa shape index (κ1) is 17.0. The van der Waals surface area contributed by atoms with Crippen LogP contribution in [0.3, 0.4) is 0 Å². The molecule has 124 valence electrons. The van der Waals surface area contributed by atoms with E-state index in [2.05, 4.69) is 15.8 Å². The number of carbonyl (C=O) groups is 2. The van der Waals surface area contributed by atoms with E-state index in [9.17, 15) is 9.59 Å². The molecule has 7 heteroatoms. The molecule has 2 N–H and O–H groups in total. The fourth-order valence-electron chi connectivity index (χ4n) is 1.85. The van der Waals surface area contributed by atoms with Gasteiger partial charge in [-0.05, 0) is 36.4 Å². The van der Waals surface area contributed by atoms with Crippen molar-refractivity contribution in [3.8, 4) is 11.5 Å². The molecular formula is C17H17N3O4. The van der Waals surface area contributed by atoms with E-state index in [4.69, 9.17) is 9.47 Å². The maximum absolute atomic E-state index is 11.8. The molecule has 0 atom stereocenters. The Morgan fingerprint density at radius 2 is 1.67 bits per heavy atom. The van der Waals surface area contributed by atoms with E-state index < -0.39 is 11.8 Å². The normalized spacial score (nSPS) is 10.2. The number of hydrogen-bond donors (Lipinski definition) is 2. The molecule has 0 aromatic heterocycles. The largest absolute Gasteiger partial charge is 0.497 e. The van der Waals surface area contributed by atoms with Crippen LogP contribution in [0.4, 0.5) is 5.69 Å². The molecule has 0 spiro atoms. The molecule has 2 rings (SSSR count). The highest BCUT2D eigenvalue weighted by molar-refractivity contribution is 6.39. The van der Waals surface area contributed by atoms with Gasteiger partial charge in [0.25, 0.3) is 0 Å². The summed E-state index contributed by atoms with van der Waals surface area (Å²) in [6, 6.07) is 13.8. The Balaban J connectivity index is 1.91. The van der Waals surface area contributed by atoms with Crippen LogP contribution in [-0.4, -0.2) is 32.2 Å². The second-order valence-corrected chi connectivity index (χ2v) is 4.62. The average molecular weight is 327 g/mol. The van der Waals surface area contributed by atoms with Crippen LogP contribution in [0.15, 0.2) is 53.6 Å². The molecule has 0 radical (unpaired) electrons. The third-order valence-corrected chi connectivity index (χ3v) is 3.06. The number of rotatable bonds is 5. The quantitative estimate of drug-likeness (QED) is 0.498. The van der Waals surface area contributed by atoms with Gasteiger partial charge < -0.3 is 14.8 Å². The number of carbonyl (C=O) groups excluding carboxylic acids is 2. The second kappa shape index (κ2) is 8.33. The molecule has 0 saturated heterocycles. The van der Waals surface area contributed by atoms with Crippen LogP contribution < -0.4 is 20.2 Å². The highest BCUT2D eigenvalue weighted by Crippen LogP contribution is 2.15. The molecule has 0 aliphatic carbocycles. The van der Waals surface area contributed by atoms with Crippen molar-refractivity contribution in [2.45, 2.75) is 0 Å². The van der Waals surface area contributed by atoms with Gasteiger partial charge in [-0.25, -0.2) is 5.43 Å². The van der Waals surface area contributed by atoms with E-state index in [0.29, 0.717) is 22.7 Å². The minimum absolute atomic E-state index is 0.477. The van der Waals surface area contributed by atoms with E-state index in [0.717, 1.165) is 0 Å². The van der Waals surface area contributed by atoms with Crippen molar-refractivity contribution in [2.75, 3.05) is 19.5 Å². The first-order valence-electron chi connectivity index (χ1n) is 7.05. The standard InChI is InChI=1S/C17H17N3O4/c1-23-14-9-7-13(8-10-14)19-16(21)17(22)20-18-11-12-5-3-4-6-15(12)24-2/h3-11H,1-2H3,(H,19,21)(H,20,22). The van der Waals surface area contributed by atoms with E-state index in [1.807, 2.05) is 12.1 Å². The van der Waals surface area contributed by atoms with Gasteiger partial charge >= 0.3 is 11.8 Å². The van der Waals surface area contributed by atoms with Crippen LogP contribution in [-0.2, 0) is 9.59 Å². The summed E-state index contributed by atoms with van der Waals surface area (Å²) in [5, 5.41) is 6.21. The number of ether oxygens (including phenoxy) is 2. The summed E-state index contributed by atoms with van der Waals surface area (Å²) in [7, 11) is 3.08. The summed E-state index contributed by atoms with van der Waals surface area (Å²) >= 11 is 0. The maximum atomic E-state index is 11.8. The van der Waals surface area contributed by atoms with Crippen LogP contribution in [0.25, 0.3) is 0 Å². The minimum Gasteiger partial charge on any atom is -0.497 e. The summed E-state index contributed by atoms with van der Waals surface area (Å²) in [6.07, 6.45) is 1.40. The zero-order chi connectivity index (χ0) is 17.4. The molecule has 2 amide bonds. The second-order valence-electron chi connectivity index (χ2n) is 4.62. The summed E-state index contributed by atoms with van der Waals surface area (Å²) in [5.41, 5.74) is 3.32. The lowest BCUT2D eigenvalue weighted by Crippen LogP contribution is -2.32. The van der Waals surface area contributed by atoms with Crippen LogP contribution >= 0.6 is 0 Å². The lowest BCUT2D eigenvalue weighted by Gasteiger charge is -2.05. The molecular weight excluding hydrogens is 310 g/mol. The number of anilines is 1. The zero-order valence-electron chi connectivity index (χ0n) is 13.3. The van der Waals surface area contributed by atoms with Crippen molar-refractivity contribution >= 4 is 23.7 Å². The van der Waals surface area contributed by atoms with Gasteiger partial charge in [-0.2, -0.15) is 5.10 Å². The van der Waals surface area contributed by atoms with Crippen molar-refractivity contribution in [1.29, 1.82) is 0 Å². The summed E-state index contributed by atoms with van der Waals surface area (Å²) in [6.45, 7) is 0. The highest BCUT2D eigenvalue weighted by Gasteiger charge is 2.12. The van der Waals surface area contributed by atoms with Gasteiger partial charge in [0.05, 0.1) is 20.4 Å². The van der Waals surface area contributed by atoms with E-state index >= 15 is 0 Å². The van der Waals surface area contributed by atoms with E-state index in [1.54, 1.807) is 43.5 Å². The predicted molar refractivity (Wildman–Crippen MR) is 90.4 cm³/mol. The van der Waals surface area contributed by atoms with Crippen LogP contribution in [0, 0.1) is 0 Å². The topological polar surface area (TPSA) is 89.0 Å². The molecule has 7 nitrogen and oxygen atoms in total. The maximum Gasteiger partial charge on any atom is 0.329 e. The lowest BCUT2D eigenvalue weighted by molar-refractivity contribution is -0.136. The number of hydrazone groups is 1. The molecule has 0 saturated carbocycles. The molecule has 24 heavy (non-hydrogen) atoms. The Kier molecular flexibility index (Phi) is 5.90. The fraction of sp³-hybridized carbons (Fsp3) is 0.118. The Morgan fingerprint density at radius 1 is 0.958 bits per heavy atom. The summed E-state index contributed by atoms with van der Waals surface area (Å²) in [4.78, 5) is 23.5. The first-order chi connectivity index (χ1) is 11.6. The fourth-order valence-corrected chi connectivity index (χ4v) is 1.85. The first-order valence-corrected chi connectivity index (χ1v) is 7.05. The van der Waals surface area contributed by atoms with Crippen molar-refractivity contribution in [1.82, 2.24) is 5.43 Å². The number of benzene rings is 2. The molecule has 0 bridgehead atoms. The van der Waals surface area contributed by atoms with Crippen LogP contribution in [0.5, 0.6) is 11.5 Å². The average Bonchev–Trinajstić information content (AvgIpc) is 2.62. The Morgan fingerprint density at radius 3 is 2.33 bits per heavy atom. The third-order valence-electron chi connectivity index (χ3n) is 3.06. The number of methoxy groups -OCH3 is 2. The van der Waals surface area contributed by atoms with Gasteiger partial charge in [0.2, 0.25) is 0 Å². The van der Waals surface area contributed by atoms with Gasteiger partial charge in [-0.15, -0.1) is 0 Å². The Bertz CT molecular complexity index is 742. The highest BCUT2D eigenvalue weighted by atomic mass is 16.5. The molecule has 2 aromatic rings. The van der Waals surface area contributed by atoms with Gasteiger partial charge in [-0.3, -0.25) is 9.59 Å². The number of nitrogens with one attached hydrogen (secondary N) is 2. The van der Waals surface area contributed by atoms with E-state index in [-0.39, 0.29) is 0 Å². The third kappa shape index (κ3) is 4.57. The molecule has 0 unspecified atom stereocenters. The molecule has 0 aliphatic heterocycles. The van der Waals surface area contributed by atoms with Crippen LogP contribution in [0.1, 0.15) is 5.56 Å². The van der Waals surface area contributed by atoms with Gasteiger partial charge in [-0.1, -0.05) is 12.1 Å². The van der Waals surface area contributed by atoms with Crippen LogP contribution in [0.2, 0.25) is 0 Å². The Hall–Kier alpha value is -3.35. The molecule has 0 heterocycles. The summed E-state index contributed by atoms with van der Waals surface area (Å²) in [5.74, 6) is -0.439. The lowest BCUT2D eigenvalue weighted by atomic mass is 10.2. The van der Waals surface area contributed by atoms with Crippen molar-refractivity contribution in [3.63, 3.8) is 0 Å². The number of para-hydroxylation sites is 1. The smallest absolute Gasteiger partial charge is 0.329 e. The predicted octanol–water partition coefficient (Wildman–Crippen LogP) is 1.79. The van der Waals surface area contributed by atoms with Crippen molar-refractivity contribution < 1.29 is 19.1 Å². The zero-order valence-corrected chi connectivity index (χ0v) is 13.3. The van der Waals surface area contributed by atoms with Crippen molar-refractivity contribution in [3.05, 3.63) is 54.1 Å². The Labute approximate surface area is 139 Å². The minimum atomic E-state index is -0.878. The van der Waals surface area contributed by atoms with E-state index in [1.165, 1.54) is 13.3 Å². The van der Waals surface area contributed by atoms with Crippen molar-refractivity contribution in [2.24, 2.45) is 5.10 Å². The monoisotopic (exact) mass is 327 g/mol. The SMILES string of the molecule is COc1ccc(NC(=O)C(=O)NN=Cc2ccccc2OC)cc1. The van der Waals surface area contributed by atoms with Gasteiger partial charge in [0.1, 0.15) is 11.5 Å². The van der Waals surface area contributed by atoms with Gasteiger partial charge in [0, 0.05) is 11.3 Å². The molecule has 0 fully saturated rings. The summed E-state index contributed by atoms with van der Waals surface area (Å²) < 4.78 is 10.2. The number of hydrogen-bond acceptors (Lipinski definition) is 5. The molecule has 0 aliphatic rings. The molecule has 2 aromatic carbocycles. The number of amides is 2. The van der Waals surface area contributed by atoms with Gasteiger partial charge in [0.15, 0.2) is 0 Å².